The molecule has 0 saturated heterocycles. The van der Waals surface area contributed by atoms with Crippen LogP contribution in [-0.4, -0.2) is 29.3 Å². The van der Waals surface area contributed by atoms with Crippen LogP contribution in [0.5, 0.6) is 5.75 Å². The molecule has 2 heterocycles. The van der Waals surface area contributed by atoms with Crippen LogP contribution < -0.4 is 15.6 Å². The Balaban J connectivity index is 1.67. The molecule has 5 rings (SSSR count). The molecule has 0 bridgehead atoms. The summed E-state index contributed by atoms with van der Waals surface area (Å²) in [4.78, 5) is 27.3. The molecule has 182 valence electrons. The number of pyridine rings is 1. The van der Waals surface area contributed by atoms with Crippen molar-refractivity contribution in [3.63, 3.8) is 0 Å². The van der Waals surface area contributed by atoms with Crippen LogP contribution in [-0.2, 0) is 5.41 Å². The highest BCUT2D eigenvalue weighted by molar-refractivity contribution is 9.10. The van der Waals surface area contributed by atoms with Gasteiger partial charge in [0.25, 0.3) is 5.56 Å². The quantitative estimate of drug-likeness (QED) is 0.250. The Morgan fingerprint density at radius 1 is 1.23 bits per heavy atom. The van der Waals surface area contributed by atoms with Crippen LogP contribution in [0.2, 0.25) is 0 Å². The Morgan fingerprint density at radius 2 is 1.91 bits per heavy atom. The minimum atomic E-state index is -0.993. The number of rotatable bonds is 5. The normalized spacial score (nSPS) is 15.8. The van der Waals surface area contributed by atoms with Gasteiger partial charge in [-0.05, 0) is 62.8 Å². The van der Waals surface area contributed by atoms with Gasteiger partial charge in [-0.25, -0.2) is 4.79 Å². The molecule has 6 nitrogen and oxygen atoms in total. The highest BCUT2D eigenvalue weighted by Crippen LogP contribution is 2.55. The lowest BCUT2D eigenvalue weighted by Gasteiger charge is -2.38. The second-order valence-corrected chi connectivity index (χ2v) is 12.1. The van der Waals surface area contributed by atoms with Crippen LogP contribution in [0, 0.1) is 5.41 Å². The summed E-state index contributed by atoms with van der Waals surface area (Å²) < 4.78 is 7.23. The fourth-order valence-corrected chi connectivity index (χ4v) is 6.77. The minimum absolute atomic E-state index is 0.107. The van der Waals surface area contributed by atoms with Crippen molar-refractivity contribution in [3.05, 3.63) is 62.2 Å². The Hall–Kier alpha value is -2.84. The van der Waals surface area contributed by atoms with Gasteiger partial charge in [0.05, 0.1) is 12.6 Å². The van der Waals surface area contributed by atoms with Crippen molar-refractivity contribution in [2.75, 3.05) is 7.11 Å². The molecule has 35 heavy (non-hydrogen) atoms. The maximum absolute atomic E-state index is 12.6. The maximum Gasteiger partial charge on any atom is 0.404 e. The summed E-state index contributed by atoms with van der Waals surface area (Å²) in [5, 5.41) is 16.0. The van der Waals surface area contributed by atoms with E-state index < -0.39 is 6.09 Å². The van der Waals surface area contributed by atoms with Gasteiger partial charge in [-0.2, -0.15) is 0 Å². The number of carboxylic acid groups (broad SMARTS) is 1. The average Bonchev–Trinajstić information content (AvgIpc) is 3.44. The number of hydrogen-bond donors (Lipinski definition) is 3. The molecule has 3 N–H and O–H groups in total. The first-order chi connectivity index (χ1) is 16.6. The highest BCUT2D eigenvalue weighted by atomic mass is 79.9. The number of carbonyl (C=O) groups is 1. The van der Waals surface area contributed by atoms with Gasteiger partial charge < -0.3 is 20.1 Å². The number of thiophene rings is 1. The molecule has 1 unspecified atom stereocenters. The Labute approximate surface area is 215 Å². The molecule has 2 aromatic carbocycles. The van der Waals surface area contributed by atoms with E-state index in [0.29, 0.717) is 10.4 Å². The second kappa shape index (κ2) is 8.38. The minimum Gasteiger partial charge on any atom is -0.496 e. The first kappa shape index (κ1) is 23.9. The number of aromatic amines is 1. The third-order valence-corrected chi connectivity index (χ3v) is 8.60. The summed E-state index contributed by atoms with van der Waals surface area (Å²) in [6.45, 7) is 6.23. The van der Waals surface area contributed by atoms with E-state index in [-0.39, 0.29) is 22.4 Å². The van der Waals surface area contributed by atoms with E-state index in [9.17, 15) is 14.7 Å². The fraction of sp³-hybridized carbons (Fsp3) is 0.333. The molecule has 1 saturated carbocycles. The number of hydrogen-bond acceptors (Lipinski definition) is 4. The first-order valence-electron chi connectivity index (χ1n) is 11.5. The summed E-state index contributed by atoms with van der Waals surface area (Å²) in [6.07, 6.45) is 0.888. The molecule has 1 amide bonds. The molecule has 4 aromatic rings. The number of ether oxygens (including phenoxy) is 1. The van der Waals surface area contributed by atoms with Gasteiger partial charge in [-0.3, -0.25) is 4.79 Å². The van der Waals surface area contributed by atoms with Gasteiger partial charge in [-0.1, -0.05) is 45.0 Å². The molecule has 1 atom stereocenters. The average molecular weight is 555 g/mol. The number of benzene rings is 2. The van der Waals surface area contributed by atoms with Crippen molar-refractivity contribution in [2.45, 2.75) is 45.1 Å². The zero-order valence-electron chi connectivity index (χ0n) is 20.0. The number of H-pyrrole nitrogens is 1. The summed E-state index contributed by atoms with van der Waals surface area (Å²) >= 11 is 5.02. The van der Waals surface area contributed by atoms with Crippen LogP contribution in [0.3, 0.4) is 0 Å². The van der Waals surface area contributed by atoms with Gasteiger partial charge >= 0.3 is 6.09 Å². The van der Waals surface area contributed by atoms with E-state index in [1.165, 1.54) is 11.3 Å². The van der Waals surface area contributed by atoms with E-state index in [1.807, 2.05) is 17.5 Å². The number of aromatic nitrogens is 1. The van der Waals surface area contributed by atoms with Gasteiger partial charge in [0, 0.05) is 32.3 Å². The summed E-state index contributed by atoms with van der Waals surface area (Å²) in [6, 6.07) is 12.0. The molecule has 1 aliphatic rings. The van der Waals surface area contributed by atoms with Crippen molar-refractivity contribution >= 4 is 54.3 Å². The number of methoxy groups -OCH3 is 1. The SMILES string of the molecule is COc1cc(Br)c2[nH]c(=O)c3sccc3c2c1-c1ccc(C2(C(NC(=O)O)C(C)(C)C)CC2)cc1. The Bertz CT molecular complexity index is 1510. The van der Waals surface area contributed by atoms with Gasteiger partial charge in [0.1, 0.15) is 10.4 Å². The van der Waals surface area contributed by atoms with E-state index in [0.717, 1.165) is 50.3 Å². The molecule has 8 heteroatoms. The van der Waals surface area contributed by atoms with Gasteiger partial charge in [0.15, 0.2) is 0 Å². The van der Waals surface area contributed by atoms with Crippen molar-refractivity contribution < 1.29 is 14.6 Å². The van der Waals surface area contributed by atoms with Crippen LogP contribution >= 0.6 is 27.3 Å². The van der Waals surface area contributed by atoms with E-state index in [4.69, 9.17) is 4.74 Å². The lowest BCUT2D eigenvalue weighted by atomic mass is 9.73. The van der Waals surface area contributed by atoms with Crippen LogP contribution in [0.15, 0.2) is 51.0 Å². The van der Waals surface area contributed by atoms with Crippen molar-refractivity contribution in [2.24, 2.45) is 5.41 Å². The first-order valence-corrected chi connectivity index (χ1v) is 13.1. The van der Waals surface area contributed by atoms with E-state index >= 15 is 0 Å². The molecule has 0 spiro atoms. The predicted molar refractivity (Wildman–Crippen MR) is 145 cm³/mol. The smallest absolute Gasteiger partial charge is 0.404 e. The summed E-state index contributed by atoms with van der Waals surface area (Å²) in [5.41, 5.74) is 3.20. The second-order valence-electron chi connectivity index (χ2n) is 10.3. The Kier molecular flexibility index (Phi) is 5.72. The van der Waals surface area contributed by atoms with Crippen LogP contribution in [0.25, 0.3) is 32.1 Å². The van der Waals surface area contributed by atoms with Crippen LogP contribution in [0.1, 0.15) is 39.2 Å². The molecule has 2 aromatic heterocycles. The molecular weight excluding hydrogens is 528 g/mol. The lowest BCUT2D eigenvalue weighted by Crippen LogP contribution is -2.51. The standard InChI is InChI=1S/C27H27BrN2O4S/c1-26(2,3)24(30-25(32)33)27(10-11-27)15-7-5-14(6-8-15)19-18(34-4)13-17(28)21-20(19)16-9-12-35-22(16)23(31)29-21/h5-9,12-13,24,30H,10-11H2,1-4H3,(H,29,31)(H,32,33). The van der Waals surface area contributed by atoms with Crippen molar-refractivity contribution in [1.82, 2.24) is 10.3 Å². The topological polar surface area (TPSA) is 91.4 Å². The van der Waals surface area contributed by atoms with E-state index in [2.05, 4.69) is 71.3 Å². The molecule has 1 aliphatic carbocycles. The molecule has 0 radical (unpaired) electrons. The Morgan fingerprint density at radius 3 is 2.49 bits per heavy atom. The largest absolute Gasteiger partial charge is 0.496 e. The van der Waals surface area contributed by atoms with Gasteiger partial charge in [0.2, 0.25) is 0 Å². The van der Waals surface area contributed by atoms with Crippen molar-refractivity contribution in [3.8, 4) is 16.9 Å². The zero-order valence-corrected chi connectivity index (χ0v) is 22.4. The number of amides is 1. The maximum atomic E-state index is 12.6. The summed E-state index contributed by atoms with van der Waals surface area (Å²) in [7, 11) is 1.65. The zero-order chi connectivity index (χ0) is 25.1. The van der Waals surface area contributed by atoms with Crippen molar-refractivity contribution in [1.29, 1.82) is 0 Å². The lowest BCUT2D eigenvalue weighted by molar-refractivity contribution is 0.162. The highest BCUT2D eigenvalue weighted by Gasteiger charge is 2.55. The third kappa shape index (κ3) is 3.93. The number of fused-ring (bicyclic) bond motifs is 3. The third-order valence-electron chi connectivity index (χ3n) is 7.07. The number of halogens is 1. The van der Waals surface area contributed by atoms with E-state index in [1.54, 1.807) is 7.11 Å². The molecular formula is C27H27BrN2O4S. The monoisotopic (exact) mass is 554 g/mol. The molecule has 0 aliphatic heterocycles. The fourth-order valence-electron chi connectivity index (χ4n) is 5.47. The molecule has 1 fully saturated rings. The predicted octanol–water partition coefficient (Wildman–Crippen LogP) is 6.89. The number of nitrogens with one attached hydrogen (secondary N) is 2. The summed E-state index contributed by atoms with van der Waals surface area (Å²) in [5.74, 6) is 0.706. The van der Waals surface area contributed by atoms with Crippen LogP contribution in [0.4, 0.5) is 4.79 Å². The van der Waals surface area contributed by atoms with Gasteiger partial charge in [-0.15, -0.1) is 11.3 Å².